The summed E-state index contributed by atoms with van der Waals surface area (Å²) in [6, 6.07) is 3.27. The van der Waals surface area contributed by atoms with Crippen molar-refractivity contribution >= 4 is 5.97 Å². The van der Waals surface area contributed by atoms with Gasteiger partial charge >= 0.3 is 5.97 Å². The average Bonchev–Trinajstić information content (AvgIpc) is 2.80. The van der Waals surface area contributed by atoms with Crippen molar-refractivity contribution in [2.45, 2.75) is 25.0 Å². The van der Waals surface area contributed by atoms with E-state index in [9.17, 15) is 18.7 Å². The molecule has 0 radical (unpaired) electrons. The van der Waals surface area contributed by atoms with Crippen LogP contribution in [-0.4, -0.2) is 48.3 Å². The number of esters is 1. The molecule has 1 saturated heterocycles. The third-order valence-corrected chi connectivity index (χ3v) is 3.53. The van der Waals surface area contributed by atoms with Crippen LogP contribution >= 0.6 is 0 Å². The fourth-order valence-electron chi connectivity index (χ4n) is 2.48. The highest BCUT2D eigenvalue weighted by atomic mass is 19.2. The van der Waals surface area contributed by atoms with Crippen molar-refractivity contribution in [1.82, 2.24) is 4.90 Å². The van der Waals surface area contributed by atoms with Crippen LogP contribution in [0.15, 0.2) is 18.2 Å². The van der Waals surface area contributed by atoms with Gasteiger partial charge < -0.3 is 9.84 Å². The van der Waals surface area contributed by atoms with Crippen LogP contribution in [0.3, 0.4) is 0 Å². The smallest absolute Gasteiger partial charge is 0.323 e. The number of likely N-dealkylation sites (tertiary alicyclic amines) is 1. The molecule has 0 aliphatic carbocycles. The molecule has 1 N–H and O–H groups in total. The molecule has 2 atom stereocenters. The van der Waals surface area contributed by atoms with E-state index in [0.29, 0.717) is 31.5 Å². The summed E-state index contributed by atoms with van der Waals surface area (Å²) < 4.78 is 30.6. The Kier molecular flexibility index (Phi) is 4.67. The van der Waals surface area contributed by atoms with Crippen LogP contribution in [0, 0.1) is 11.6 Å². The largest absolute Gasteiger partial charge is 0.468 e. The van der Waals surface area contributed by atoms with Crippen molar-refractivity contribution in [3.63, 3.8) is 0 Å². The Morgan fingerprint density at radius 2 is 2.20 bits per heavy atom. The number of benzene rings is 1. The lowest BCUT2D eigenvalue weighted by atomic mass is 10.1. The van der Waals surface area contributed by atoms with E-state index in [-0.39, 0.29) is 5.97 Å². The topological polar surface area (TPSA) is 49.8 Å². The fraction of sp³-hybridized carbons (Fsp3) is 0.500. The third kappa shape index (κ3) is 3.32. The zero-order valence-corrected chi connectivity index (χ0v) is 11.2. The molecule has 0 aromatic heterocycles. The maximum Gasteiger partial charge on any atom is 0.323 e. The minimum atomic E-state index is -0.881. The molecule has 20 heavy (non-hydrogen) atoms. The van der Waals surface area contributed by atoms with E-state index < -0.39 is 23.8 Å². The monoisotopic (exact) mass is 285 g/mol. The average molecular weight is 285 g/mol. The standard InChI is InChI=1S/C14H17F2NO3/c1-20-14(19)13-7-10(18)8-17(13)5-4-9-2-3-11(15)12(16)6-9/h2-3,6,10,13,18H,4-5,7-8H2,1H3. The normalized spacial score (nSPS) is 23.0. The quantitative estimate of drug-likeness (QED) is 0.842. The summed E-state index contributed by atoms with van der Waals surface area (Å²) in [5.41, 5.74) is 0.647. The summed E-state index contributed by atoms with van der Waals surface area (Å²) in [6.07, 6.45) is 0.242. The molecule has 1 aromatic carbocycles. The Bertz CT molecular complexity index is 495. The molecule has 1 aromatic rings. The molecule has 1 heterocycles. The van der Waals surface area contributed by atoms with Gasteiger partial charge in [0.15, 0.2) is 11.6 Å². The predicted octanol–water partition coefficient (Wildman–Crippen LogP) is 1.12. The number of carbonyl (C=O) groups excluding carboxylic acids is 1. The highest BCUT2D eigenvalue weighted by molar-refractivity contribution is 5.76. The molecular formula is C14H17F2NO3. The molecular weight excluding hydrogens is 268 g/mol. The molecule has 110 valence electrons. The summed E-state index contributed by atoms with van der Waals surface area (Å²) >= 11 is 0. The maximum atomic E-state index is 13.1. The lowest BCUT2D eigenvalue weighted by Gasteiger charge is -2.21. The predicted molar refractivity (Wildman–Crippen MR) is 68.1 cm³/mol. The molecule has 2 unspecified atom stereocenters. The van der Waals surface area contributed by atoms with Gasteiger partial charge in [0.1, 0.15) is 6.04 Å². The summed E-state index contributed by atoms with van der Waals surface area (Å²) in [5, 5.41) is 9.63. The highest BCUT2D eigenvalue weighted by Gasteiger charge is 2.36. The van der Waals surface area contributed by atoms with Crippen molar-refractivity contribution in [2.24, 2.45) is 0 Å². The van der Waals surface area contributed by atoms with E-state index in [1.807, 2.05) is 0 Å². The third-order valence-electron chi connectivity index (χ3n) is 3.53. The van der Waals surface area contributed by atoms with Crippen LogP contribution in [0.25, 0.3) is 0 Å². The van der Waals surface area contributed by atoms with Gasteiger partial charge in [0, 0.05) is 19.5 Å². The number of rotatable bonds is 4. The Balaban J connectivity index is 1.98. The fourth-order valence-corrected chi connectivity index (χ4v) is 2.48. The molecule has 2 rings (SSSR count). The lowest BCUT2D eigenvalue weighted by Crippen LogP contribution is -2.38. The number of aliphatic hydroxyl groups is 1. The van der Waals surface area contributed by atoms with Crippen molar-refractivity contribution < 1.29 is 23.4 Å². The van der Waals surface area contributed by atoms with Crippen molar-refractivity contribution in [2.75, 3.05) is 20.2 Å². The van der Waals surface area contributed by atoms with Gasteiger partial charge in [0.25, 0.3) is 0 Å². The summed E-state index contributed by atoms with van der Waals surface area (Å²) in [7, 11) is 1.31. The van der Waals surface area contributed by atoms with Crippen LogP contribution in [0.2, 0.25) is 0 Å². The second-order valence-electron chi connectivity index (χ2n) is 4.92. The second kappa shape index (κ2) is 6.28. The molecule has 4 nitrogen and oxygen atoms in total. The van der Waals surface area contributed by atoms with Crippen LogP contribution in [0.4, 0.5) is 8.78 Å². The minimum absolute atomic E-state index is 0.338. The van der Waals surface area contributed by atoms with E-state index >= 15 is 0 Å². The summed E-state index contributed by atoms with van der Waals surface area (Å²) in [4.78, 5) is 13.4. The number of ether oxygens (including phenoxy) is 1. The molecule has 0 saturated carbocycles. The van der Waals surface area contributed by atoms with Crippen LogP contribution in [-0.2, 0) is 16.0 Å². The van der Waals surface area contributed by atoms with Gasteiger partial charge in [-0.15, -0.1) is 0 Å². The molecule has 0 bridgehead atoms. The number of β-amino-alcohol motifs (C(OH)–C–C–N with tert-alkyl or cyclic N) is 1. The van der Waals surface area contributed by atoms with Gasteiger partial charge in [-0.05, 0) is 24.1 Å². The number of methoxy groups -OCH3 is 1. The molecule has 6 heteroatoms. The molecule has 1 aliphatic heterocycles. The molecule has 0 amide bonds. The number of hydrogen-bond acceptors (Lipinski definition) is 4. The SMILES string of the molecule is COC(=O)C1CC(O)CN1CCc1ccc(F)c(F)c1. The zero-order chi connectivity index (χ0) is 14.7. The van der Waals surface area contributed by atoms with Gasteiger partial charge in [-0.2, -0.15) is 0 Å². The first kappa shape index (κ1) is 14.9. The van der Waals surface area contributed by atoms with Crippen LogP contribution in [0.1, 0.15) is 12.0 Å². The van der Waals surface area contributed by atoms with Gasteiger partial charge in [-0.1, -0.05) is 6.07 Å². The van der Waals surface area contributed by atoms with E-state index in [0.717, 1.165) is 12.1 Å². The summed E-state index contributed by atoms with van der Waals surface area (Å²) in [5.74, 6) is -2.14. The van der Waals surface area contributed by atoms with Gasteiger partial charge in [-0.3, -0.25) is 9.69 Å². The van der Waals surface area contributed by atoms with Crippen molar-refractivity contribution in [3.8, 4) is 0 Å². The summed E-state index contributed by atoms with van der Waals surface area (Å²) in [6.45, 7) is 0.853. The van der Waals surface area contributed by atoms with Crippen molar-refractivity contribution in [3.05, 3.63) is 35.4 Å². The van der Waals surface area contributed by atoms with Gasteiger partial charge in [0.05, 0.1) is 13.2 Å². The first-order valence-corrected chi connectivity index (χ1v) is 6.45. The Morgan fingerprint density at radius 1 is 1.45 bits per heavy atom. The van der Waals surface area contributed by atoms with E-state index in [4.69, 9.17) is 4.74 Å². The highest BCUT2D eigenvalue weighted by Crippen LogP contribution is 2.20. The number of nitrogens with zero attached hydrogens (tertiary/aromatic N) is 1. The lowest BCUT2D eigenvalue weighted by molar-refractivity contribution is -0.145. The Hall–Kier alpha value is -1.53. The maximum absolute atomic E-state index is 13.1. The van der Waals surface area contributed by atoms with E-state index in [1.54, 1.807) is 4.90 Å². The van der Waals surface area contributed by atoms with E-state index in [1.165, 1.54) is 13.2 Å². The van der Waals surface area contributed by atoms with Crippen molar-refractivity contribution in [1.29, 1.82) is 0 Å². The van der Waals surface area contributed by atoms with Crippen LogP contribution in [0.5, 0.6) is 0 Å². The minimum Gasteiger partial charge on any atom is -0.468 e. The van der Waals surface area contributed by atoms with Gasteiger partial charge in [0.2, 0.25) is 0 Å². The first-order chi connectivity index (χ1) is 9.51. The number of halogens is 2. The molecule has 0 spiro atoms. The van der Waals surface area contributed by atoms with Crippen LogP contribution < -0.4 is 0 Å². The molecule has 1 aliphatic rings. The number of aliphatic hydroxyl groups excluding tert-OH is 1. The number of carbonyl (C=O) groups is 1. The Labute approximate surface area is 116 Å². The Morgan fingerprint density at radius 3 is 2.85 bits per heavy atom. The second-order valence-corrected chi connectivity index (χ2v) is 4.92. The van der Waals surface area contributed by atoms with Gasteiger partial charge in [-0.25, -0.2) is 8.78 Å². The zero-order valence-electron chi connectivity index (χ0n) is 11.2. The first-order valence-electron chi connectivity index (χ1n) is 6.45. The number of hydrogen-bond donors (Lipinski definition) is 1. The molecule has 1 fully saturated rings. The van der Waals surface area contributed by atoms with E-state index in [2.05, 4.69) is 0 Å².